The van der Waals surface area contributed by atoms with Crippen molar-refractivity contribution in [1.29, 1.82) is 0 Å². The molecule has 0 bridgehead atoms. The first-order chi connectivity index (χ1) is 14.5. The molecule has 0 radical (unpaired) electrons. The van der Waals surface area contributed by atoms with Crippen molar-refractivity contribution in [2.24, 2.45) is 0 Å². The van der Waals surface area contributed by atoms with Crippen molar-refractivity contribution in [3.63, 3.8) is 0 Å². The Morgan fingerprint density at radius 1 is 0.343 bits per heavy atom. The van der Waals surface area contributed by atoms with Crippen LogP contribution in [0, 0.1) is 0 Å². The predicted molar refractivity (Wildman–Crippen MR) is 62.1 cm³/mol. The van der Waals surface area contributed by atoms with E-state index in [1.54, 1.807) is 0 Å². The minimum absolute atomic E-state index is 7.69. The largest absolute Gasteiger partial charge is 0.460 e. The van der Waals surface area contributed by atoms with Gasteiger partial charge in [0, 0.05) is 0 Å². The molecule has 0 saturated heterocycles. The molecule has 0 aromatic carbocycles. The van der Waals surface area contributed by atoms with Gasteiger partial charge < -0.3 is 0 Å². The minimum atomic E-state index is -9.38. The molecule has 3 nitrogen and oxygen atoms in total. The summed E-state index contributed by atoms with van der Waals surface area (Å²) < 4.78 is 298. The molecule has 212 valence electrons. The van der Waals surface area contributed by atoms with Crippen molar-refractivity contribution in [2.75, 3.05) is 0 Å². The van der Waals surface area contributed by atoms with Crippen LogP contribution in [0.15, 0.2) is 0 Å². The normalized spacial score (nSPS) is 17.1. The van der Waals surface area contributed by atoms with E-state index in [-0.39, 0.29) is 0 Å². The van der Waals surface area contributed by atoms with Gasteiger partial charge in [0.2, 0.25) is 0 Å². The molecule has 0 rings (SSSR count). The molecule has 0 saturated carbocycles. The maximum atomic E-state index is 13.3. The Morgan fingerprint density at radius 3 is 0.686 bits per heavy atom. The second-order valence-electron chi connectivity index (χ2n) is 6.08. The van der Waals surface area contributed by atoms with Crippen molar-refractivity contribution >= 4 is 10.1 Å². The number of alkyl halides is 21. The first-order valence-corrected chi connectivity index (χ1v) is 8.38. The van der Waals surface area contributed by atoms with E-state index in [1.807, 2.05) is 0 Å². The standard InChI is InChI=1S/C10HF21O3S/c11-1(12,3(15,16)5(19,20)7(23,24)9(27,28)29)2(13,14)4(17,18)6(21,22)8(25,26)10(30,31)35(32,33)34/h(H,32,33,34)/i6+1,8+1,10+1. The highest BCUT2D eigenvalue weighted by Gasteiger charge is 2.98. The lowest BCUT2D eigenvalue weighted by Gasteiger charge is -2.44. The quantitative estimate of drug-likeness (QED) is 0.197. The highest BCUT2D eigenvalue weighted by atomic mass is 32.2. The second kappa shape index (κ2) is 7.72. The fourth-order valence-electron chi connectivity index (χ4n) is 1.71. The van der Waals surface area contributed by atoms with Crippen LogP contribution in [0.2, 0.25) is 0 Å². The van der Waals surface area contributed by atoms with Gasteiger partial charge in [-0.05, 0) is 0 Å². The smallest absolute Gasteiger partial charge is 0.281 e. The predicted octanol–water partition coefficient (Wildman–Crippen LogP) is 6.11. The fraction of sp³-hybridized carbons (Fsp3) is 1.00. The van der Waals surface area contributed by atoms with Crippen molar-refractivity contribution in [1.82, 2.24) is 0 Å². The highest BCUT2D eigenvalue weighted by Crippen LogP contribution is 2.66. The number of hydrogen-bond acceptors (Lipinski definition) is 2. The molecule has 25 heteroatoms. The zero-order valence-electron chi connectivity index (χ0n) is 14.6. The number of rotatable bonds is 9. The van der Waals surface area contributed by atoms with Crippen LogP contribution >= 0.6 is 0 Å². The van der Waals surface area contributed by atoms with Gasteiger partial charge in [-0.2, -0.15) is 101 Å². The molecule has 0 fully saturated rings. The summed E-state index contributed by atoms with van der Waals surface area (Å²) in [7, 11) is -8.09. The van der Waals surface area contributed by atoms with E-state index < -0.39 is 68.9 Å². The summed E-state index contributed by atoms with van der Waals surface area (Å²) in [6.45, 7) is 0. The second-order valence-corrected chi connectivity index (χ2v) is 7.55. The van der Waals surface area contributed by atoms with Gasteiger partial charge in [-0.25, -0.2) is 0 Å². The van der Waals surface area contributed by atoms with Crippen LogP contribution in [0.1, 0.15) is 0 Å². The minimum Gasteiger partial charge on any atom is -0.281 e. The van der Waals surface area contributed by atoms with E-state index in [2.05, 4.69) is 0 Å². The summed E-state index contributed by atoms with van der Waals surface area (Å²) in [5.74, 6) is -72.6. The van der Waals surface area contributed by atoms with Crippen molar-refractivity contribution in [3.05, 3.63) is 0 Å². The molecule has 0 aromatic heterocycles. The van der Waals surface area contributed by atoms with Crippen LogP contribution in [0.25, 0.3) is 0 Å². The van der Waals surface area contributed by atoms with E-state index in [0.29, 0.717) is 0 Å². The van der Waals surface area contributed by atoms with Gasteiger partial charge in [0.05, 0.1) is 0 Å². The van der Waals surface area contributed by atoms with E-state index in [9.17, 15) is 101 Å². The van der Waals surface area contributed by atoms with Crippen LogP contribution in [0.3, 0.4) is 0 Å². The Kier molecular flexibility index (Phi) is 7.38. The molecule has 0 aliphatic heterocycles. The van der Waals surface area contributed by atoms with Gasteiger partial charge >= 0.3 is 68.9 Å². The molecule has 35 heavy (non-hydrogen) atoms. The van der Waals surface area contributed by atoms with Crippen LogP contribution in [0.5, 0.6) is 0 Å². The zero-order valence-corrected chi connectivity index (χ0v) is 15.4. The van der Waals surface area contributed by atoms with Crippen molar-refractivity contribution < 1.29 is 105 Å². The number of hydrogen-bond donors (Lipinski definition) is 1. The van der Waals surface area contributed by atoms with Crippen molar-refractivity contribution in [2.45, 2.75) is 58.8 Å². The summed E-state index contributed by atoms with van der Waals surface area (Å²) in [6, 6.07) is 0. The Bertz CT molecular complexity index is 912. The Morgan fingerprint density at radius 2 is 0.514 bits per heavy atom. The molecule has 0 heterocycles. The molecular formula is C10HF21O3S. The van der Waals surface area contributed by atoms with Gasteiger partial charge in [-0.3, -0.25) is 4.55 Å². The summed E-state index contributed by atoms with van der Waals surface area (Å²) in [5.41, 5.74) is 0. The average molecular weight is 603 g/mol. The zero-order chi connectivity index (χ0) is 29.5. The Labute approximate surface area is 175 Å². The van der Waals surface area contributed by atoms with Crippen molar-refractivity contribution in [3.8, 4) is 0 Å². The molecule has 0 unspecified atom stereocenters. The third-order valence-electron chi connectivity index (χ3n) is 3.81. The maximum Gasteiger partial charge on any atom is 0.460 e. The lowest BCUT2D eigenvalue weighted by atomic mass is 9.92. The third-order valence-corrected chi connectivity index (χ3v) is 4.71. The van der Waals surface area contributed by atoms with Gasteiger partial charge in [0.1, 0.15) is 0 Å². The van der Waals surface area contributed by atoms with Crippen LogP contribution < -0.4 is 0 Å². The van der Waals surface area contributed by atoms with E-state index in [4.69, 9.17) is 4.55 Å². The molecule has 0 aliphatic rings. The SMILES string of the molecule is O=S(=O)(O)[13C](F)(F)[13C](F)(F)[13C](F)(F)C(F)(F)C(F)(F)C(F)(F)C(F)(F)C(F)(F)C(F)(F)C(F)(F)F. The first kappa shape index (κ1) is 33.4. The van der Waals surface area contributed by atoms with E-state index >= 15 is 0 Å². The van der Waals surface area contributed by atoms with Gasteiger partial charge in [-0.15, -0.1) is 0 Å². The Hall–Kier alpha value is -1.56. The number of halogens is 21. The molecular weight excluding hydrogens is 602 g/mol. The summed E-state index contributed by atoms with van der Waals surface area (Å²) in [6.07, 6.45) is -8.08. The third kappa shape index (κ3) is 3.84. The van der Waals surface area contributed by atoms with Crippen LogP contribution in [0.4, 0.5) is 92.2 Å². The van der Waals surface area contributed by atoms with E-state index in [0.717, 1.165) is 0 Å². The summed E-state index contributed by atoms with van der Waals surface area (Å²) in [4.78, 5) is 0. The van der Waals surface area contributed by atoms with Gasteiger partial charge in [0.15, 0.2) is 0 Å². The average Bonchev–Trinajstić information content (AvgIpc) is 2.58. The highest BCUT2D eigenvalue weighted by molar-refractivity contribution is 7.87. The van der Waals surface area contributed by atoms with Crippen LogP contribution in [-0.2, 0) is 10.1 Å². The monoisotopic (exact) mass is 603 g/mol. The van der Waals surface area contributed by atoms with Crippen LogP contribution in [-0.4, -0.2) is 71.8 Å². The molecule has 1 N–H and O–H groups in total. The molecule has 0 aliphatic carbocycles. The Balaban J connectivity index is 7.21. The topological polar surface area (TPSA) is 54.4 Å². The molecule has 0 aromatic rings. The van der Waals surface area contributed by atoms with Gasteiger partial charge in [0.25, 0.3) is 0 Å². The summed E-state index contributed by atoms with van der Waals surface area (Å²) >= 11 is 0. The lowest BCUT2D eigenvalue weighted by molar-refractivity contribution is -0.472. The fourth-order valence-corrected chi connectivity index (χ4v) is 2.16. The van der Waals surface area contributed by atoms with E-state index in [1.165, 1.54) is 0 Å². The van der Waals surface area contributed by atoms with Gasteiger partial charge in [-0.1, -0.05) is 0 Å². The molecule has 0 spiro atoms. The molecule has 0 amide bonds. The first-order valence-electron chi connectivity index (χ1n) is 6.94. The maximum absolute atomic E-state index is 13.3. The molecule has 0 atom stereocenters. The summed E-state index contributed by atoms with van der Waals surface area (Å²) in [5, 5.41) is -8.06. The lowest BCUT2D eigenvalue weighted by Crippen LogP contribution is -2.77.